The van der Waals surface area contributed by atoms with Crippen LogP contribution in [0, 0.1) is 0 Å². The van der Waals surface area contributed by atoms with Crippen molar-refractivity contribution < 1.29 is 14.7 Å². The third-order valence-electron chi connectivity index (χ3n) is 3.36. The van der Waals surface area contributed by atoms with Crippen LogP contribution >= 0.6 is 0 Å². The number of likely N-dealkylation sites (N-methyl/N-ethyl adjacent to an activating group) is 1. The number of piperazine rings is 1. The lowest BCUT2D eigenvalue weighted by Crippen LogP contribution is -2.56. The lowest BCUT2D eigenvalue weighted by atomic mass is 10.2. The summed E-state index contributed by atoms with van der Waals surface area (Å²) in [4.78, 5) is 26.6. The first-order valence-corrected chi connectivity index (χ1v) is 6.66. The third-order valence-corrected chi connectivity index (χ3v) is 3.36. The number of hydrogen-bond acceptors (Lipinski definition) is 4. The van der Waals surface area contributed by atoms with E-state index in [9.17, 15) is 9.59 Å². The summed E-state index contributed by atoms with van der Waals surface area (Å²) >= 11 is 0. The van der Waals surface area contributed by atoms with Crippen molar-refractivity contribution in [2.24, 2.45) is 0 Å². The van der Waals surface area contributed by atoms with Gasteiger partial charge in [-0.2, -0.15) is 0 Å². The molecule has 0 saturated carbocycles. The first-order valence-electron chi connectivity index (χ1n) is 6.66. The maximum Gasteiger partial charge on any atom is 0.332 e. The molecule has 0 aromatic heterocycles. The van der Waals surface area contributed by atoms with Crippen LogP contribution in [-0.4, -0.2) is 77.7 Å². The molecule has 2 N–H and O–H groups in total. The van der Waals surface area contributed by atoms with Gasteiger partial charge in [-0.1, -0.05) is 0 Å². The van der Waals surface area contributed by atoms with Crippen LogP contribution in [0.5, 0.6) is 0 Å². The van der Waals surface area contributed by atoms with E-state index in [1.807, 2.05) is 19.0 Å². The predicted octanol–water partition coefficient (Wildman–Crippen LogP) is 0.0435. The molecule has 1 atom stereocenters. The van der Waals surface area contributed by atoms with Crippen LogP contribution < -0.4 is 5.43 Å². The molecule has 0 aromatic rings. The number of carbonyl (C=O) groups excluding carboxylic acids is 1. The van der Waals surface area contributed by atoms with Gasteiger partial charge in [0.05, 0.1) is 6.42 Å². The molecule has 0 aliphatic carbocycles. The van der Waals surface area contributed by atoms with E-state index >= 15 is 0 Å². The molecule has 1 unspecified atom stereocenters. The number of carbonyl (C=O) groups is 2. The van der Waals surface area contributed by atoms with E-state index in [1.54, 1.807) is 11.8 Å². The highest BCUT2D eigenvalue weighted by Crippen LogP contribution is 2.05. The SMILES string of the molecule is CCN(C(=O)NN1CCN(C)CC1)C(C)CC(=O)O. The van der Waals surface area contributed by atoms with Crippen molar-refractivity contribution >= 4 is 12.0 Å². The van der Waals surface area contributed by atoms with Gasteiger partial charge >= 0.3 is 12.0 Å². The summed E-state index contributed by atoms with van der Waals surface area (Å²) < 4.78 is 0. The maximum absolute atomic E-state index is 12.1. The molecular weight excluding hydrogens is 248 g/mol. The minimum absolute atomic E-state index is 0.0377. The molecule has 110 valence electrons. The van der Waals surface area contributed by atoms with Gasteiger partial charge in [0.15, 0.2) is 0 Å². The maximum atomic E-state index is 12.1. The molecule has 0 spiro atoms. The first-order chi connectivity index (χ1) is 8.93. The van der Waals surface area contributed by atoms with Crippen molar-refractivity contribution in [1.82, 2.24) is 20.2 Å². The van der Waals surface area contributed by atoms with E-state index in [1.165, 1.54) is 0 Å². The lowest BCUT2D eigenvalue weighted by molar-refractivity contribution is -0.138. The Balaban J connectivity index is 2.47. The highest BCUT2D eigenvalue weighted by atomic mass is 16.4. The van der Waals surface area contributed by atoms with Crippen LogP contribution in [0.4, 0.5) is 4.79 Å². The number of amides is 2. The van der Waals surface area contributed by atoms with Crippen LogP contribution in [0.15, 0.2) is 0 Å². The number of hydrazine groups is 1. The minimum atomic E-state index is -0.890. The standard InChI is InChI=1S/C12H24N4O3/c1-4-16(10(2)9-11(17)18)12(19)13-15-7-5-14(3)6-8-15/h10H,4-9H2,1-3H3,(H,13,19)(H,17,18). The average molecular weight is 272 g/mol. The minimum Gasteiger partial charge on any atom is -0.481 e. The molecule has 7 nitrogen and oxygen atoms in total. The van der Waals surface area contributed by atoms with Crippen LogP contribution in [-0.2, 0) is 4.79 Å². The Morgan fingerprint density at radius 3 is 2.37 bits per heavy atom. The molecule has 1 fully saturated rings. The molecule has 19 heavy (non-hydrogen) atoms. The fourth-order valence-electron chi connectivity index (χ4n) is 2.14. The Morgan fingerprint density at radius 2 is 1.89 bits per heavy atom. The topological polar surface area (TPSA) is 76.1 Å². The summed E-state index contributed by atoms with van der Waals surface area (Å²) in [6.45, 7) is 7.49. The van der Waals surface area contributed by atoms with Crippen LogP contribution in [0.25, 0.3) is 0 Å². The largest absolute Gasteiger partial charge is 0.481 e. The second-order valence-electron chi connectivity index (χ2n) is 4.94. The van der Waals surface area contributed by atoms with E-state index in [-0.39, 0.29) is 18.5 Å². The normalized spacial score (nSPS) is 18.9. The van der Waals surface area contributed by atoms with Crippen molar-refractivity contribution in [2.75, 3.05) is 39.8 Å². The third kappa shape index (κ3) is 5.04. The smallest absolute Gasteiger partial charge is 0.332 e. The number of hydrogen-bond donors (Lipinski definition) is 2. The summed E-state index contributed by atoms with van der Waals surface area (Å²) in [5.74, 6) is -0.890. The number of rotatable bonds is 5. The average Bonchev–Trinajstić information content (AvgIpc) is 2.32. The lowest BCUT2D eigenvalue weighted by Gasteiger charge is -2.35. The molecule has 0 bridgehead atoms. The Morgan fingerprint density at radius 1 is 1.32 bits per heavy atom. The summed E-state index contributed by atoms with van der Waals surface area (Å²) in [7, 11) is 2.05. The summed E-state index contributed by atoms with van der Waals surface area (Å²) in [6, 6.07) is -0.532. The fourth-order valence-corrected chi connectivity index (χ4v) is 2.14. The molecule has 1 aliphatic heterocycles. The van der Waals surface area contributed by atoms with Crippen LogP contribution in [0.2, 0.25) is 0 Å². The van der Waals surface area contributed by atoms with E-state index in [0.717, 1.165) is 26.2 Å². The Bertz CT molecular complexity index is 316. The molecule has 1 heterocycles. The highest BCUT2D eigenvalue weighted by molar-refractivity contribution is 5.75. The quantitative estimate of drug-likeness (QED) is 0.739. The second-order valence-corrected chi connectivity index (χ2v) is 4.94. The second kappa shape index (κ2) is 7.30. The number of nitrogens with zero attached hydrogens (tertiary/aromatic N) is 3. The summed E-state index contributed by atoms with van der Waals surface area (Å²) in [6.07, 6.45) is -0.0377. The number of carboxylic acid groups (broad SMARTS) is 1. The van der Waals surface area contributed by atoms with Gasteiger partial charge in [0.25, 0.3) is 0 Å². The van der Waals surface area contributed by atoms with Gasteiger partial charge in [-0.25, -0.2) is 9.80 Å². The fraction of sp³-hybridized carbons (Fsp3) is 0.833. The molecule has 1 aliphatic rings. The molecular formula is C12H24N4O3. The van der Waals surface area contributed by atoms with Gasteiger partial charge in [-0.3, -0.25) is 10.2 Å². The van der Waals surface area contributed by atoms with Gasteiger partial charge in [-0.15, -0.1) is 0 Å². The summed E-state index contributed by atoms with van der Waals surface area (Å²) in [5.41, 5.74) is 2.85. The van der Waals surface area contributed by atoms with Crippen LogP contribution in [0.1, 0.15) is 20.3 Å². The van der Waals surface area contributed by atoms with E-state index < -0.39 is 5.97 Å². The summed E-state index contributed by atoms with van der Waals surface area (Å²) in [5, 5.41) is 10.7. The van der Waals surface area contributed by atoms with Crippen molar-refractivity contribution in [3.8, 4) is 0 Å². The molecule has 0 aromatic carbocycles. The molecule has 0 radical (unpaired) electrons. The monoisotopic (exact) mass is 272 g/mol. The molecule has 1 saturated heterocycles. The zero-order chi connectivity index (χ0) is 14.4. The first kappa shape index (κ1) is 15.7. The molecule has 7 heteroatoms. The zero-order valence-corrected chi connectivity index (χ0v) is 11.9. The van der Waals surface area contributed by atoms with Crippen molar-refractivity contribution in [3.63, 3.8) is 0 Å². The molecule has 1 rings (SSSR count). The highest BCUT2D eigenvalue weighted by Gasteiger charge is 2.23. The van der Waals surface area contributed by atoms with Crippen molar-refractivity contribution in [1.29, 1.82) is 0 Å². The van der Waals surface area contributed by atoms with Crippen LogP contribution in [0.3, 0.4) is 0 Å². The van der Waals surface area contributed by atoms with Gasteiger partial charge in [-0.05, 0) is 20.9 Å². The Kier molecular flexibility index (Phi) is 6.04. The van der Waals surface area contributed by atoms with E-state index in [0.29, 0.717) is 6.54 Å². The number of aliphatic carboxylic acids is 1. The van der Waals surface area contributed by atoms with Gasteiger partial charge < -0.3 is 14.9 Å². The number of carboxylic acids is 1. The number of urea groups is 1. The Hall–Kier alpha value is -1.34. The van der Waals surface area contributed by atoms with Gasteiger partial charge in [0.2, 0.25) is 0 Å². The van der Waals surface area contributed by atoms with E-state index in [4.69, 9.17) is 5.11 Å². The molecule has 2 amide bonds. The van der Waals surface area contributed by atoms with Crippen molar-refractivity contribution in [3.05, 3.63) is 0 Å². The zero-order valence-electron chi connectivity index (χ0n) is 11.9. The Labute approximate surface area is 114 Å². The van der Waals surface area contributed by atoms with Crippen molar-refractivity contribution in [2.45, 2.75) is 26.3 Å². The predicted molar refractivity (Wildman–Crippen MR) is 71.7 cm³/mol. The van der Waals surface area contributed by atoms with E-state index in [2.05, 4.69) is 10.3 Å². The number of nitrogens with one attached hydrogen (secondary N) is 1. The van der Waals surface area contributed by atoms with Gasteiger partial charge in [0, 0.05) is 38.8 Å². The van der Waals surface area contributed by atoms with Gasteiger partial charge in [0.1, 0.15) is 0 Å².